The van der Waals surface area contributed by atoms with Gasteiger partial charge >= 0.3 is 0 Å². The van der Waals surface area contributed by atoms with E-state index < -0.39 is 11.9 Å². The molecule has 0 saturated heterocycles. The van der Waals surface area contributed by atoms with Crippen molar-refractivity contribution in [2.45, 2.75) is 6.04 Å². The van der Waals surface area contributed by atoms with Crippen LogP contribution in [0.4, 0.5) is 11.5 Å². The number of aromatic nitrogens is 2. The molecule has 5 rings (SSSR count). The van der Waals surface area contributed by atoms with Crippen LogP contribution in [0.15, 0.2) is 108 Å². The fraction of sp³-hybridized carbons (Fsp3) is 0.176. The van der Waals surface area contributed by atoms with E-state index in [1.807, 2.05) is 91.8 Å². The Bertz CT molecular complexity index is 1740. The van der Waals surface area contributed by atoms with Crippen LogP contribution in [0.5, 0.6) is 0 Å². The van der Waals surface area contributed by atoms with Crippen molar-refractivity contribution in [1.29, 1.82) is 0 Å². The number of anilines is 2. The number of fused-ring (bicyclic) bond motifs is 1. The van der Waals surface area contributed by atoms with Gasteiger partial charge in [-0.1, -0.05) is 72.8 Å². The maximum Gasteiger partial charge on any atom is 0.248 e. The van der Waals surface area contributed by atoms with Crippen LogP contribution >= 0.6 is 0 Å². The molecule has 0 aliphatic heterocycles. The summed E-state index contributed by atoms with van der Waals surface area (Å²) < 4.78 is 6.32. The number of furan rings is 1. The van der Waals surface area contributed by atoms with Gasteiger partial charge < -0.3 is 30.4 Å². The summed E-state index contributed by atoms with van der Waals surface area (Å²) in [6.45, 7) is 1.05. The molecular weight excluding hydrogens is 556 g/mol. The van der Waals surface area contributed by atoms with Crippen molar-refractivity contribution in [3.8, 4) is 22.5 Å². The number of nitrogens with zero attached hydrogens (tertiary/aromatic N) is 3. The Balaban J connectivity index is 1.44. The molecule has 4 N–H and O–H groups in total. The van der Waals surface area contributed by atoms with Gasteiger partial charge in [0.2, 0.25) is 17.5 Å². The van der Waals surface area contributed by atoms with Crippen LogP contribution in [0.25, 0.3) is 33.6 Å². The highest BCUT2D eigenvalue weighted by Crippen LogP contribution is 2.43. The van der Waals surface area contributed by atoms with Gasteiger partial charge in [-0.2, -0.15) is 0 Å². The number of hydrogen-bond acceptors (Lipinski definition) is 8. The molecule has 3 aromatic carbocycles. The zero-order chi connectivity index (χ0) is 30.9. The lowest BCUT2D eigenvalue weighted by molar-refractivity contribution is -0.117. The molecule has 44 heavy (non-hydrogen) atoms. The summed E-state index contributed by atoms with van der Waals surface area (Å²) in [7, 11) is 3.83. The molecule has 2 amide bonds. The second-order valence-corrected chi connectivity index (χ2v) is 10.4. The van der Waals surface area contributed by atoms with Crippen molar-refractivity contribution in [1.82, 2.24) is 20.2 Å². The fourth-order valence-corrected chi connectivity index (χ4v) is 4.71. The van der Waals surface area contributed by atoms with E-state index >= 15 is 0 Å². The smallest absolute Gasteiger partial charge is 0.248 e. The van der Waals surface area contributed by atoms with E-state index in [1.54, 1.807) is 12.1 Å². The van der Waals surface area contributed by atoms with E-state index in [0.717, 1.165) is 22.3 Å². The molecule has 1 atom stereocenters. The van der Waals surface area contributed by atoms with Gasteiger partial charge in [0.25, 0.3) is 0 Å². The first-order chi connectivity index (χ1) is 21.4. The minimum atomic E-state index is -0.421. The lowest BCUT2D eigenvalue weighted by atomic mass is 9.98. The third-order valence-electron chi connectivity index (χ3n) is 6.91. The summed E-state index contributed by atoms with van der Waals surface area (Å²) in [5, 5.41) is 19.8. The van der Waals surface area contributed by atoms with Crippen molar-refractivity contribution in [3.63, 3.8) is 0 Å². The van der Waals surface area contributed by atoms with Crippen LogP contribution in [-0.2, 0) is 9.59 Å². The van der Waals surface area contributed by atoms with Crippen LogP contribution in [-0.4, -0.2) is 65.6 Å². The molecule has 0 aliphatic carbocycles. The Morgan fingerprint density at radius 1 is 0.886 bits per heavy atom. The average Bonchev–Trinajstić information content (AvgIpc) is 3.44. The molecule has 0 radical (unpaired) electrons. The molecule has 0 spiro atoms. The van der Waals surface area contributed by atoms with Crippen LogP contribution in [0.2, 0.25) is 0 Å². The number of benzene rings is 3. The van der Waals surface area contributed by atoms with Gasteiger partial charge in [0, 0.05) is 42.1 Å². The summed E-state index contributed by atoms with van der Waals surface area (Å²) in [4.78, 5) is 35.4. The third kappa shape index (κ3) is 7.35. The SMILES string of the molecule is CN(C)CCNC(=O)C=CC(=O)Nc1ccc(-c2c(-c3ccccc3)oc3ncnc(NC(CO)c4ccccc4)c23)cc1. The minimum Gasteiger partial charge on any atom is -0.437 e. The number of aliphatic hydroxyl groups excluding tert-OH is 1. The van der Waals surface area contributed by atoms with Crippen molar-refractivity contribution in [2.24, 2.45) is 0 Å². The van der Waals surface area contributed by atoms with E-state index in [9.17, 15) is 14.7 Å². The predicted molar refractivity (Wildman–Crippen MR) is 172 cm³/mol. The van der Waals surface area contributed by atoms with Crippen LogP contribution in [0.3, 0.4) is 0 Å². The Hall–Kier alpha value is -5.32. The summed E-state index contributed by atoms with van der Waals surface area (Å²) in [5.74, 6) is 0.379. The van der Waals surface area contributed by atoms with Crippen molar-refractivity contribution < 1.29 is 19.1 Å². The Morgan fingerprint density at radius 2 is 1.57 bits per heavy atom. The topological polar surface area (TPSA) is 133 Å². The normalized spacial score (nSPS) is 12.0. The molecule has 0 aliphatic rings. The van der Waals surface area contributed by atoms with Gasteiger partial charge in [-0.05, 0) is 37.4 Å². The number of amides is 2. The maximum atomic E-state index is 12.5. The summed E-state index contributed by atoms with van der Waals surface area (Å²) in [5.41, 5.74) is 4.31. The van der Waals surface area contributed by atoms with E-state index in [1.165, 1.54) is 18.5 Å². The molecule has 0 bridgehead atoms. The monoisotopic (exact) mass is 590 g/mol. The highest BCUT2D eigenvalue weighted by molar-refractivity contribution is 6.07. The number of hydrogen-bond donors (Lipinski definition) is 4. The largest absolute Gasteiger partial charge is 0.437 e. The van der Waals surface area contributed by atoms with E-state index in [0.29, 0.717) is 41.5 Å². The van der Waals surface area contributed by atoms with Gasteiger partial charge in [-0.15, -0.1) is 0 Å². The molecule has 0 fully saturated rings. The number of nitrogens with one attached hydrogen (secondary N) is 3. The molecule has 224 valence electrons. The van der Waals surface area contributed by atoms with E-state index in [4.69, 9.17) is 4.42 Å². The minimum absolute atomic E-state index is 0.144. The summed E-state index contributed by atoms with van der Waals surface area (Å²) >= 11 is 0. The first kappa shape index (κ1) is 30.1. The van der Waals surface area contributed by atoms with Gasteiger partial charge in [0.1, 0.15) is 17.9 Å². The Kier molecular flexibility index (Phi) is 9.75. The number of rotatable bonds is 12. The number of aliphatic hydroxyl groups is 1. The second-order valence-electron chi connectivity index (χ2n) is 10.4. The molecule has 10 heteroatoms. The van der Waals surface area contributed by atoms with Crippen molar-refractivity contribution in [3.05, 3.63) is 109 Å². The first-order valence-electron chi connectivity index (χ1n) is 14.2. The van der Waals surface area contributed by atoms with Crippen molar-refractivity contribution >= 4 is 34.4 Å². The predicted octanol–water partition coefficient (Wildman–Crippen LogP) is 4.87. The number of carbonyl (C=O) groups is 2. The van der Waals surface area contributed by atoms with Gasteiger partial charge in [0.15, 0.2) is 0 Å². The molecule has 10 nitrogen and oxygen atoms in total. The number of carbonyl (C=O) groups excluding carboxylic acids is 2. The molecule has 5 aromatic rings. The fourth-order valence-electron chi connectivity index (χ4n) is 4.71. The molecule has 1 unspecified atom stereocenters. The summed E-state index contributed by atoms with van der Waals surface area (Å²) in [6.07, 6.45) is 3.85. The van der Waals surface area contributed by atoms with Crippen molar-refractivity contribution in [2.75, 3.05) is 44.4 Å². The molecular formula is C34H34N6O4. The average molecular weight is 591 g/mol. The molecule has 0 saturated carbocycles. The molecule has 2 aromatic heterocycles. The van der Waals surface area contributed by atoms with Gasteiger partial charge in [-0.3, -0.25) is 9.59 Å². The van der Waals surface area contributed by atoms with Crippen LogP contribution < -0.4 is 16.0 Å². The van der Waals surface area contributed by atoms with Gasteiger partial charge in [0.05, 0.1) is 18.0 Å². The lowest BCUT2D eigenvalue weighted by Crippen LogP contribution is -2.30. The van der Waals surface area contributed by atoms with Gasteiger partial charge in [-0.25, -0.2) is 9.97 Å². The highest BCUT2D eigenvalue weighted by Gasteiger charge is 2.23. The Morgan fingerprint density at radius 3 is 2.25 bits per heavy atom. The lowest BCUT2D eigenvalue weighted by Gasteiger charge is -2.18. The first-order valence-corrected chi connectivity index (χ1v) is 14.2. The zero-order valence-electron chi connectivity index (χ0n) is 24.5. The van der Waals surface area contributed by atoms with Crippen LogP contribution in [0.1, 0.15) is 11.6 Å². The molecule has 2 heterocycles. The van der Waals surface area contributed by atoms with Crippen LogP contribution in [0, 0.1) is 0 Å². The van der Waals surface area contributed by atoms with E-state index in [2.05, 4.69) is 25.9 Å². The third-order valence-corrected chi connectivity index (χ3v) is 6.91. The maximum absolute atomic E-state index is 12.5. The standard InChI is InChI=1S/C34H34N6O4/c1-40(2)20-19-35-28(42)17-18-29(43)38-26-15-13-24(14-16-26)30-31-33(39-27(21-41)23-9-5-3-6-10-23)36-22-37-34(31)44-32(30)25-11-7-4-8-12-25/h3-18,22,27,41H,19-21H2,1-2H3,(H,35,42)(H,38,43)(H,36,37,39). The second kappa shape index (κ2) is 14.2. The highest BCUT2D eigenvalue weighted by atomic mass is 16.3. The Labute approximate surface area is 255 Å². The zero-order valence-corrected chi connectivity index (χ0v) is 24.5. The quantitative estimate of drug-likeness (QED) is 0.151. The van der Waals surface area contributed by atoms with E-state index in [-0.39, 0.29) is 12.5 Å². The number of likely N-dealkylation sites (N-methyl/N-ethyl adjacent to an activating group) is 1. The summed E-state index contributed by atoms with van der Waals surface area (Å²) in [6, 6.07) is 26.3.